The summed E-state index contributed by atoms with van der Waals surface area (Å²) < 4.78 is 0. The van der Waals surface area contributed by atoms with Gasteiger partial charge in [-0.15, -0.1) is 0 Å². The van der Waals surface area contributed by atoms with Crippen LogP contribution in [-0.2, 0) is 13.0 Å². The highest BCUT2D eigenvalue weighted by Gasteiger charge is 2.05. The summed E-state index contributed by atoms with van der Waals surface area (Å²) in [5.74, 6) is -0.0926. The Morgan fingerprint density at radius 3 is 2.09 bits per heavy atom. The summed E-state index contributed by atoms with van der Waals surface area (Å²) in [7, 11) is 0. The number of benzene rings is 1. The Hall–Kier alpha value is -2.23. The Labute approximate surface area is 140 Å². The fourth-order valence-electron chi connectivity index (χ4n) is 1.68. The molecule has 2 rings (SSSR count). The molecule has 1 heterocycles. The van der Waals surface area contributed by atoms with E-state index >= 15 is 0 Å². The third-order valence-corrected chi connectivity index (χ3v) is 2.89. The molecule has 1 amide bonds. The molecule has 1 N–H and O–H groups in total. The number of carbonyl (C=O) groups is 1. The van der Waals surface area contributed by atoms with E-state index in [1.54, 1.807) is 12.4 Å². The third kappa shape index (κ3) is 7.54. The highest BCUT2D eigenvalue weighted by molar-refractivity contribution is 5.94. The van der Waals surface area contributed by atoms with Gasteiger partial charge in [0.2, 0.25) is 0 Å². The van der Waals surface area contributed by atoms with Gasteiger partial charge in [-0.05, 0) is 31.0 Å². The fraction of sp³-hybridized carbons (Fsp3) is 0.421. The average molecular weight is 315 g/mol. The first kappa shape index (κ1) is 20.8. The van der Waals surface area contributed by atoms with Crippen molar-refractivity contribution in [2.24, 2.45) is 0 Å². The Morgan fingerprint density at radius 2 is 1.61 bits per heavy atom. The van der Waals surface area contributed by atoms with Crippen molar-refractivity contribution in [3.05, 3.63) is 59.2 Å². The lowest BCUT2D eigenvalue weighted by molar-refractivity contribution is 0.0950. The van der Waals surface area contributed by atoms with Gasteiger partial charge in [-0.25, -0.2) is 0 Å². The number of rotatable bonds is 4. The molecule has 0 aliphatic carbocycles. The minimum Gasteiger partial charge on any atom is -0.346 e. The molecule has 1 aromatic carbocycles. The van der Waals surface area contributed by atoms with Crippen molar-refractivity contribution in [2.75, 3.05) is 0 Å². The van der Waals surface area contributed by atoms with Crippen LogP contribution in [0.25, 0.3) is 0 Å². The van der Waals surface area contributed by atoms with E-state index in [0.717, 1.165) is 17.8 Å². The number of carbonyl (C=O) groups excluding carboxylic acids is 1. The monoisotopic (exact) mass is 315 g/mol. The lowest BCUT2D eigenvalue weighted by atomic mass is 10.1. The molecule has 0 aliphatic rings. The Balaban J connectivity index is 0.00000112. The van der Waals surface area contributed by atoms with E-state index in [9.17, 15) is 4.79 Å². The molecule has 0 atom stereocenters. The maximum absolute atomic E-state index is 11.9. The molecule has 0 aliphatic heterocycles. The predicted molar refractivity (Wildman–Crippen MR) is 96.5 cm³/mol. The van der Waals surface area contributed by atoms with E-state index in [4.69, 9.17) is 0 Å². The number of nitrogens with zero attached hydrogens (tertiary/aromatic N) is 2. The third-order valence-electron chi connectivity index (χ3n) is 2.89. The first-order valence-corrected chi connectivity index (χ1v) is 8.33. The Morgan fingerprint density at radius 1 is 1.00 bits per heavy atom. The van der Waals surface area contributed by atoms with Gasteiger partial charge in [0.15, 0.2) is 0 Å². The number of hydrogen-bond acceptors (Lipinski definition) is 3. The van der Waals surface area contributed by atoms with E-state index in [1.165, 1.54) is 5.56 Å². The zero-order chi connectivity index (χ0) is 17.7. The van der Waals surface area contributed by atoms with Crippen molar-refractivity contribution < 1.29 is 4.79 Å². The molecule has 1 aromatic heterocycles. The highest BCUT2D eigenvalue weighted by Crippen LogP contribution is 2.05. The Bertz CT molecular complexity index is 548. The van der Waals surface area contributed by atoms with Gasteiger partial charge < -0.3 is 5.32 Å². The summed E-state index contributed by atoms with van der Waals surface area (Å²) in [5.41, 5.74) is 3.51. The molecule has 0 fully saturated rings. The smallest absolute Gasteiger partial charge is 0.251 e. The van der Waals surface area contributed by atoms with Crippen LogP contribution in [-0.4, -0.2) is 15.9 Å². The van der Waals surface area contributed by atoms with E-state index in [-0.39, 0.29) is 5.91 Å². The summed E-state index contributed by atoms with van der Waals surface area (Å²) in [6.45, 7) is 12.4. The summed E-state index contributed by atoms with van der Waals surface area (Å²) in [6.07, 6.45) is 4.34. The zero-order valence-corrected chi connectivity index (χ0v) is 15.2. The van der Waals surface area contributed by atoms with Crippen molar-refractivity contribution in [3.8, 4) is 0 Å². The molecule has 4 heteroatoms. The summed E-state index contributed by atoms with van der Waals surface area (Å²) in [4.78, 5) is 20.3. The molecule has 23 heavy (non-hydrogen) atoms. The SMILES string of the molecule is CC.CC.CCc1ccc(C(=O)NCc2cnc(C)cn2)cc1. The number of aryl methyl sites for hydroxylation is 2. The van der Waals surface area contributed by atoms with Crippen LogP contribution in [0, 0.1) is 6.92 Å². The molecule has 4 nitrogen and oxygen atoms in total. The van der Waals surface area contributed by atoms with E-state index in [2.05, 4.69) is 22.2 Å². The maximum Gasteiger partial charge on any atom is 0.251 e. The van der Waals surface area contributed by atoms with Crippen molar-refractivity contribution in [3.63, 3.8) is 0 Å². The molecule has 0 saturated carbocycles. The summed E-state index contributed by atoms with van der Waals surface area (Å²) >= 11 is 0. The second kappa shape index (κ2) is 12.3. The van der Waals surface area contributed by atoms with Gasteiger partial charge in [-0.2, -0.15) is 0 Å². The van der Waals surface area contributed by atoms with Crippen LogP contribution in [0.1, 0.15) is 61.9 Å². The van der Waals surface area contributed by atoms with Gasteiger partial charge in [0.1, 0.15) is 0 Å². The number of hydrogen-bond donors (Lipinski definition) is 1. The second-order valence-corrected chi connectivity index (χ2v) is 4.38. The molecule has 0 unspecified atom stereocenters. The van der Waals surface area contributed by atoms with Gasteiger partial charge in [-0.1, -0.05) is 46.8 Å². The number of nitrogens with one attached hydrogen (secondary N) is 1. The summed E-state index contributed by atoms with van der Waals surface area (Å²) in [6, 6.07) is 7.63. The van der Waals surface area contributed by atoms with Crippen LogP contribution in [0.4, 0.5) is 0 Å². The molecule has 0 bridgehead atoms. The van der Waals surface area contributed by atoms with Crippen LogP contribution < -0.4 is 5.32 Å². The van der Waals surface area contributed by atoms with Crippen molar-refractivity contribution in [1.82, 2.24) is 15.3 Å². The molecule has 0 saturated heterocycles. The lowest BCUT2D eigenvalue weighted by Gasteiger charge is -2.05. The quantitative estimate of drug-likeness (QED) is 0.913. The minimum absolute atomic E-state index is 0.0926. The molecular formula is C19H29N3O. The van der Waals surface area contributed by atoms with Gasteiger partial charge in [0, 0.05) is 11.8 Å². The van der Waals surface area contributed by atoms with Crippen LogP contribution >= 0.6 is 0 Å². The highest BCUT2D eigenvalue weighted by atomic mass is 16.1. The molecule has 0 spiro atoms. The fourth-order valence-corrected chi connectivity index (χ4v) is 1.68. The first-order valence-electron chi connectivity index (χ1n) is 8.33. The largest absolute Gasteiger partial charge is 0.346 e. The lowest BCUT2D eigenvalue weighted by Crippen LogP contribution is -2.23. The van der Waals surface area contributed by atoms with Crippen LogP contribution in [0.5, 0.6) is 0 Å². The van der Waals surface area contributed by atoms with E-state index < -0.39 is 0 Å². The molecular weight excluding hydrogens is 286 g/mol. The van der Waals surface area contributed by atoms with E-state index in [1.807, 2.05) is 58.9 Å². The van der Waals surface area contributed by atoms with Crippen molar-refractivity contribution in [2.45, 2.75) is 54.5 Å². The van der Waals surface area contributed by atoms with Gasteiger partial charge >= 0.3 is 0 Å². The average Bonchev–Trinajstić information content (AvgIpc) is 2.64. The van der Waals surface area contributed by atoms with E-state index in [0.29, 0.717) is 12.1 Å². The Kier molecular flexibility index (Phi) is 11.1. The van der Waals surface area contributed by atoms with Crippen LogP contribution in [0.15, 0.2) is 36.7 Å². The van der Waals surface area contributed by atoms with Gasteiger partial charge in [0.25, 0.3) is 5.91 Å². The van der Waals surface area contributed by atoms with Crippen molar-refractivity contribution >= 4 is 5.91 Å². The first-order chi connectivity index (χ1) is 11.2. The van der Waals surface area contributed by atoms with Crippen LogP contribution in [0.3, 0.4) is 0 Å². The zero-order valence-electron chi connectivity index (χ0n) is 15.2. The van der Waals surface area contributed by atoms with Crippen LogP contribution in [0.2, 0.25) is 0 Å². The normalized spacial score (nSPS) is 8.96. The van der Waals surface area contributed by atoms with Gasteiger partial charge in [-0.3, -0.25) is 14.8 Å². The maximum atomic E-state index is 11.9. The summed E-state index contributed by atoms with van der Waals surface area (Å²) in [5, 5.41) is 2.83. The minimum atomic E-state index is -0.0926. The standard InChI is InChI=1S/C15H17N3O.2C2H6/c1-3-12-4-6-13(7-5-12)15(19)18-10-14-9-16-11(2)8-17-14;2*1-2/h4-9H,3,10H2,1-2H3,(H,18,19);2*1-2H3. The second-order valence-electron chi connectivity index (χ2n) is 4.38. The predicted octanol–water partition coefficient (Wildman–Crippen LogP) is 4.33. The van der Waals surface area contributed by atoms with Crippen molar-refractivity contribution in [1.29, 1.82) is 0 Å². The van der Waals surface area contributed by atoms with Gasteiger partial charge in [0.05, 0.1) is 24.1 Å². The number of amides is 1. The molecule has 2 aromatic rings. The molecule has 0 radical (unpaired) electrons. The number of aromatic nitrogens is 2. The topological polar surface area (TPSA) is 54.9 Å². The molecule has 126 valence electrons.